The number of nitrogens with one attached hydrogen (secondary N) is 2. The molecule has 2 aromatic rings. The van der Waals surface area contributed by atoms with E-state index in [0.29, 0.717) is 19.7 Å². The number of carbonyl (C=O) groups is 1. The second-order valence-electron chi connectivity index (χ2n) is 5.30. The Morgan fingerprint density at radius 1 is 1.00 bits per heavy atom. The van der Waals surface area contributed by atoms with Gasteiger partial charge >= 0.3 is 6.03 Å². The molecule has 0 aliphatic heterocycles. The number of benzene rings is 2. The predicted octanol–water partition coefficient (Wildman–Crippen LogP) is 2.76. The number of urea groups is 1. The van der Waals surface area contributed by atoms with E-state index in [1.807, 2.05) is 54.6 Å². The Kier molecular flexibility index (Phi) is 7.59. The third-order valence-electron chi connectivity index (χ3n) is 3.60. The predicted molar refractivity (Wildman–Crippen MR) is 96.1 cm³/mol. The van der Waals surface area contributed by atoms with E-state index in [9.17, 15) is 4.79 Å². The van der Waals surface area contributed by atoms with Crippen LogP contribution in [0.5, 0.6) is 11.5 Å². The molecule has 0 bridgehead atoms. The summed E-state index contributed by atoms with van der Waals surface area (Å²) in [4.78, 5) is 11.9. The van der Waals surface area contributed by atoms with E-state index in [-0.39, 0.29) is 12.1 Å². The zero-order chi connectivity index (χ0) is 17.9. The van der Waals surface area contributed by atoms with Gasteiger partial charge in [-0.1, -0.05) is 30.3 Å². The minimum atomic E-state index is -0.262. The molecule has 2 rings (SSSR count). The highest BCUT2D eigenvalue weighted by atomic mass is 16.5. The van der Waals surface area contributed by atoms with Crippen LogP contribution in [-0.4, -0.2) is 39.9 Å². The molecule has 2 amide bonds. The summed E-state index contributed by atoms with van der Waals surface area (Å²) in [5, 5.41) is 5.55. The Balaban J connectivity index is 1.70. The first-order chi connectivity index (χ1) is 12.2. The van der Waals surface area contributed by atoms with Crippen molar-refractivity contribution < 1.29 is 19.0 Å². The first kappa shape index (κ1) is 18.6. The number of amides is 2. The number of hydrogen-bond donors (Lipinski definition) is 2. The van der Waals surface area contributed by atoms with Crippen molar-refractivity contribution >= 4 is 6.03 Å². The third kappa shape index (κ3) is 6.35. The lowest BCUT2D eigenvalue weighted by atomic mass is 10.1. The maximum atomic E-state index is 11.9. The van der Waals surface area contributed by atoms with E-state index >= 15 is 0 Å². The molecule has 6 heteroatoms. The van der Waals surface area contributed by atoms with Gasteiger partial charge in [0.2, 0.25) is 0 Å². The van der Waals surface area contributed by atoms with Gasteiger partial charge in [0.15, 0.2) is 0 Å². The number of ether oxygens (including phenoxy) is 3. The van der Waals surface area contributed by atoms with Crippen molar-refractivity contribution in [2.75, 3.05) is 33.9 Å². The smallest absolute Gasteiger partial charge is 0.315 e. The van der Waals surface area contributed by atoms with E-state index in [2.05, 4.69) is 10.6 Å². The maximum absolute atomic E-state index is 11.9. The summed E-state index contributed by atoms with van der Waals surface area (Å²) in [5.41, 5.74) is 0.939. The van der Waals surface area contributed by atoms with Crippen molar-refractivity contribution in [2.45, 2.75) is 6.10 Å². The molecule has 0 aliphatic carbocycles. The number of hydrogen-bond acceptors (Lipinski definition) is 4. The molecular weight excluding hydrogens is 320 g/mol. The van der Waals surface area contributed by atoms with Gasteiger partial charge in [0.1, 0.15) is 18.1 Å². The highest BCUT2D eigenvalue weighted by molar-refractivity contribution is 5.73. The topological polar surface area (TPSA) is 68.8 Å². The van der Waals surface area contributed by atoms with E-state index in [1.165, 1.54) is 0 Å². The molecule has 0 saturated heterocycles. The average molecular weight is 344 g/mol. The number of rotatable bonds is 9. The second kappa shape index (κ2) is 10.2. The maximum Gasteiger partial charge on any atom is 0.315 e. The number of para-hydroxylation sites is 1. The number of carbonyl (C=O) groups excluding carboxylic acids is 1. The van der Waals surface area contributed by atoms with Gasteiger partial charge in [0.25, 0.3) is 0 Å². The van der Waals surface area contributed by atoms with Crippen molar-refractivity contribution in [1.29, 1.82) is 0 Å². The third-order valence-corrected chi connectivity index (χ3v) is 3.60. The van der Waals surface area contributed by atoms with Gasteiger partial charge in [-0.25, -0.2) is 4.79 Å². The fourth-order valence-electron chi connectivity index (χ4n) is 2.28. The lowest BCUT2D eigenvalue weighted by Gasteiger charge is -2.17. The fraction of sp³-hybridized carbons (Fsp3) is 0.316. The Hall–Kier alpha value is -2.73. The Bertz CT molecular complexity index is 649. The lowest BCUT2D eigenvalue weighted by Crippen LogP contribution is -2.39. The molecule has 1 atom stereocenters. The van der Waals surface area contributed by atoms with Crippen molar-refractivity contribution in [3.8, 4) is 11.5 Å². The first-order valence-corrected chi connectivity index (χ1v) is 8.09. The van der Waals surface area contributed by atoms with Crippen LogP contribution in [0.4, 0.5) is 4.79 Å². The van der Waals surface area contributed by atoms with Gasteiger partial charge in [0, 0.05) is 13.7 Å². The molecule has 134 valence electrons. The highest BCUT2D eigenvalue weighted by Crippen LogP contribution is 2.20. The summed E-state index contributed by atoms with van der Waals surface area (Å²) in [6, 6.07) is 16.8. The van der Waals surface area contributed by atoms with E-state index in [4.69, 9.17) is 14.2 Å². The van der Waals surface area contributed by atoms with Gasteiger partial charge in [-0.05, 0) is 29.8 Å². The minimum absolute atomic E-state index is 0.249. The van der Waals surface area contributed by atoms with E-state index in [0.717, 1.165) is 17.1 Å². The summed E-state index contributed by atoms with van der Waals surface area (Å²) >= 11 is 0. The first-order valence-electron chi connectivity index (χ1n) is 8.09. The Labute approximate surface area is 148 Å². The summed E-state index contributed by atoms with van der Waals surface area (Å²) in [7, 11) is 3.22. The molecule has 0 heterocycles. The van der Waals surface area contributed by atoms with Crippen LogP contribution >= 0.6 is 0 Å². The molecule has 6 nitrogen and oxygen atoms in total. The van der Waals surface area contributed by atoms with Gasteiger partial charge in [0.05, 0.1) is 19.8 Å². The molecule has 0 aliphatic rings. The van der Waals surface area contributed by atoms with Crippen LogP contribution in [0, 0.1) is 0 Å². The van der Waals surface area contributed by atoms with Crippen LogP contribution in [0.3, 0.4) is 0 Å². The summed E-state index contributed by atoms with van der Waals surface area (Å²) < 4.78 is 16.2. The molecule has 0 spiro atoms. The van der Waals surface area contributed by atoms with Crippen LogP contribution in [0.15, 0.2) is 54.6 Å². The summed E-state index contributed by atoms with van der Waals surface area (Å²) in [6.45, 7) is 1.17. The van der Waals surface area contributed by atoms with Crippen molar-refractivity contribution in [3.63, 3.8) is 0 Å². The van der Waals surface area contributed by atoms with Crippen LogP contribution in [0.25, 0.3) is 0 Å². The van der Waals surface area contributed by atoms with Gasteiger partial charge < -0.3 is 24.8 Å². The monoisotopic (exact) mass is 344 g/mol. The molecule has 1 unspecified atom stereocenters. The van der Waals surface area contributed by atoms with Gasteiger partial charge in [-0.15, -0.1) is 0 Å². The van der Waals surface area contributed by atoms with E-state index in [1.54, 1.807) is 14.2 Å². The van der Waals surface area contributed by atoms with Crippen molar-refractivity contribution in [3.05, 3.63) is 60.2 Å². The average Bonchev–Trinajstić information content (AvgIpc) is 2.67. The van der Waals surface area contributed by atoms with Gasteiger partial charge in [-0.3, -0.25) is 0 Å². The Morgan fingerprint density at radius 3 is 2.48 bits per heavy atom. The quantitative estimate of drug-likeness (QED) is 0.687. The largest absolute Gasteiger partial charge is 0.497 e. The normalized spacial score (nSPS) is 11.4. The molecule has 0 radical (unpaired) electrons. The molecule has 0 saturated carbocycles. The van der Waals surface area contributed by atoms with Crippen molar-refractivity contribution in [2.24, 2.45) is 0 Å². The van der Waals surface area contributed by atoms with Gasteiger partial charge in [-0.2, -0.15) is 0 Å². The second-order valence-corrected chi connectivity index (χ2v) is 5.30. The molecule has 0 aromatic heterocycles. The number of methoxy groups -OCH3 is 2. The van der Waals surface area contributed by atoms with Crippen molar-refractivity contribution in [1.82, 2.24) is 10.6 Å². The van der Waals surface area contributed by atoms with Crippen LogP contribution in [0.1, 0.15) is 11.7 Å². The molecule has 2 aromatic carbocycles. The highest BCUT2D eigenvalue weighted by Gasteiger charge is 2.12. The fourth-order valence-corrected chi connectivity index (χ4v) is 2.28. The van der Waals surface area contributed by atoms with E-state index < -0.39 is 0 Å². The summed E-state index contributed by atoms with van der Waals surface area (Å²) in [6.07, 6.45) is -0.249. The molecule has 25 heavy (non-hydrogen) atoms. The minimum Gasteiger partial charge on any atom is -0.497 e. The molecule has 0 fully saturated rings. The zero-order valence-corrected chi connectivity index (χ0v) is 14.5. The summed E-state index contributed by atoms with van der Waals surface area (Å²) in [5.74, 6) is 1.53. The molecule has 2 N–H and O–H groups in total. The SMILES string of the molecule is COc1cccc(C(CNC(=O)NCCOc2ccccc2)OC)c1. The van der Waals surface area contributed by atoms with Crippen LogP contribution in [0.2, 0.25) is 0 Å². The lowest BCUT2D eigenvalue weighted by molar-refractivity contribution is 0.103. The van der Waals surface area contributed by atoms with Crippen LogP contribution in [-0.2, 0) is 4.74 Å². The zero-order valence-electron chi connectivity index (χ0n) is 14.5. The Morgan fingerprint density at radius 2 is 1.76 bits per heavy atom. The molecular formula is C19H24N2O4. The van der Waals surface area contributed by atoms with Crippen LogP contribution < -0.4 is 20.1 Å². The standard InChI is InChI=1S/C19H24N2O4/c1-23-17-10-6-7-15(13-17)18(24-2)14-21-19(22)20-11-12-25-16-8-4-3-5-9-16/h3-10,13,18H,11-12,14H2,1-2H3,(H2,20,21,22).